The zero-order chi connectivity index (χ0) is 11.4. The highest BCUT2D eigenvalue weighted by Gasteiger charge is 2.01. The van der Waals surface area contributed by atoms with E-state index in [2.05, 4.69) is 4.98 Å². The molecule has 80 valence electrons. The van der Waals surface area contributed by atoms with Crippen LogP contribution in [-0.2, 0) is 0 Å². The van der Waals surface area contributed by atoms with Gasteiger partial charge in [0.1, 0.15) is 0 Å². The SMILES string of the molecule is O=[N+]([O-])c1ccc(/C=C\c2cscn2)cc1. The Hall–Kier alpha value is -2.01. The van der Waals surface area contributed by atoms with Gasteiger partial charge < -0.3 is 0 Å². The Morgan fingerprint density at radius 2 is 2.00 bits per heavy atom. The Morgan fingerprint density at radius 1 is 1.25 bits per heavy atom. The lowest BCUT2D eigenvalue weighted by atomic mass is 10.2. The lowest BCUT2D eigenvalue weighted by Crippen LogP contribution is -1.86. The molecule has 0 aliphatic rings. The van der Waals surface area contributed by atoms with E-state index >= 15 is 0 Å². The van der Waals surface area contributed by atoms with Crippen LogP contribution in [0.4, 0.5) is 5.69 Å². The molecule has 16 heavy (non-hydrogen) atoms. The van der Waals surface area contributed by atoms with E-state index in [4.69, 9.17) is 0 Å². The van der Waals surface area contributed by atoms with Crippen molar-refractivity contribution in [3.63, 3.8) is 0 Å². The molecule has 0 fully saturated rings. The molecule has 0 atom stereocenters. The van der Waals surface area contributed by atoms with Crippen LogP contribution >= 0.6 is 11.3 Å². The van der Waals surface area contributed by atoms with Crippen LogP contribution in [-0.4, -0.2) is 9.91 Å². The number of non-ortho nitro benzene ring substituents is 1. The van der Waals surface area contributed by atoms with E-state index in [1.54, 1.807) is 17.6 Å². The minimum absolute atomic E-state index is 0.103. The Morgan fingerprint density at radius 3 is 2.56 bits per heavy atom. The van der Waals surface area contributed by atoms with Crippen molar-refractivity contribution in [2.75, 3.05) is 0 Å². The number of nitro benzene ring substituents is 1. The molecule has 1 aromatic heterocycles. The number of aromatic nitrogens is 1. The number of benzene rings is 1. The zero-order valence-corrected chi connectivity index (χ0v) is 9.05. The topological polar surface area (TPSA) is 56.0 Å². The lowest BCUT2D eigenvalue weighted by molar-refractivity contribution is -0.384. The number of nitro groups is 1. The van der Waals surface area contributed by atoms with Crippen LogP contribution in [0.15, 0.2) is 35.2 Å². The van der Waals surface area contributed by atoms with Crippen LogP contribution in [0.2, 0.25) is 0 Å². The fourth-order valence-electron chi connectivity index (χ4n) is 1.19. The first-order valence-electron chi connectivity index (χ1n) is 4.56. The van der Waals surface area contributed by atoms with Crippen molar-refractivity contribution in [2.45, 2.75) is 0 Å². The molecule has 4 nitrogen and oxygen atoms in total. The first-order chi connectivity index (χ1) is 7.75. The maximum Gasteiger partial charge on any atom is 0.269 e. The van der Waals surface area contributed by atoms with E-state index in [0.717, 1.165) is 11.3 Å². The maximum absolute atomic E-state index is 10.4. The predicted octanol–water partition coefficient (Wildman–Crippen LogP) is 3.22. The Kier molecular flexibility index (Phi) is 3.07. The standard InChI is InChI=1S/C11H8N2O2S/c14-13(15)11-5-2-9(3-6-11)1-4-10-7-16-8-12-10/h1-8H/b4-1-. The molecule has 0 spiro atoms. The fourth-order valence-corrected chi connectivity index (χ4v) is 1.72. The Bertz CT molecular complexity index is 503. The number of rotatable bonds is 3. The van der Waals surface area contributed by atoms with Crippen LogP contribution in [0.5, 0.6) is 0 Å². The van der Waals surface area contributed by atoms with Crippen LogP contribution in [0.1, 0.15) is 11.3 Å². The number of thiazole rings is 1. The molecule has 5 heteroatoms. The summed E-state index contributed by atoms with van der Waals surface area (Å²) in [7, 11) is 0. The van der Waals surface area contributed by atoms with Gasteiger partial charge in [-0.05, 0) is 23.8 Å². The number of hydrogen-bond donors (Lipinski definition) is 0. The first kappa shape index (κ1) is 10.5. The molecule has 0 N–H and O–H groups in total. The van der Waals surface area contributed by atoms with Gasteiger partial charge in [0.15, 0.2) is 0 Å². The molecule has 1 heterocycles. The number of nitrogens with zero attached hydrogens (tertiary/aromatic N) is 2. The summed E-state index contributed by atoms with van der Waals surface area (Å²) in [5.41, 5.74) is 3.67. The van der Waals surface area contributed by atoms with Crippen molar-refractivity contribution in [3.05, 3.63) is 56.5 Å². The van der Waals surface area contributed by atoms with Gasteiger partial charge in [-0.3, -0.25) is 10.1 Å². The summed E-state index contributed by atoms with van der Waals surface area (Å²) in [6, 6.07) is 6.39. The van der Waals surface area contributed by atoms with Gasteiger partial charge in [-0.15, -0.1) is 11.3 Å². The molecule has 0 amide bonds. The van der Waals surface area contributed by atoms with Crippen molar-refractivity contribution in [2.24, 2.45) is 0 Å². The molecule has 0 unspecified atom stereocenters. The second kappa shape index (κ2) is 4.67. The summed E-state index contributed by atoms with van der Waals surface area (Å²) in [5, 5.41) is 12.4. The van der Waals surface area contributed by atoms with Gasteiger partial charge in [0.2, 0.25) is 0 Å². The van der Waals surface area contributed by atoms with E-state index in [1.165, 1.54) is 23.5 Å². The van der Waals surface area contributed by atoms with Crippen molar-refractivity contribution < 1.29 is 4.92 Å². The summed E-state index contributed by atoms with van der Waals surface area (Å²) >= 11 is 1.53. The van der Waals surface area contributed by atoms with Crippen LogP contribution < -0.4 is 0 Å². The highest BCUT2D eigenvalue weighted by atomic mass is 32.1. The zero-order valence-electron chi connectivity index (χ0n) is 8.24. The minimum Gasteiger partial charge on any atom is -0.258 e. The van der Waals surface area contributed by atoms with E-state index in [1.807, 2.05) is 17.5 Å². The molecule has 1 aromatic carbocycles. The van der Waals surface area contributed by atoms with E-state index in [9.17, 15) is 10.1 Å². The normalized spacial score (nSPS) is 10.8. The molecule has 0 aliphatic carbocycles. The van der Waals surface area contributed by atoms with Crippen molar-refractivity contribution >= 4 is 29.2 Å². The van der Waals surface area contributed by atoms with Gasteiger partial charge in [0.25, 0.3) is 5.69 Å². The first-order valence-corrected chi connectivity index (χ1v) is 5.51. The summed E-state index contributed by atoms with van der Waals surface area (Å²) in [4.78, 5) is 14.1. The van der Waals surface area contributed by atoms with E-state index in [-0.39, 0.29) is 5.69 Å². The van der Waals surface area contributed by atoms with Crippen LogP contribution in [0, 0.1) is 10.1 Å². The summed E-state index contributed by atoms with van der Waals surface area (Å²) in [6.45, 7) is 0. The molecule has 2 aromatic rings. The van der Waals surface area contributed by atoms with Crippen molar-refractivity contribution in [1.82, 2.24) is 4.98 Å². The van der Waals surface area contributed by atoms with Crippen molar-refractivity contribution in [1.29, 1.82) is 0 Å². The van der Waals surface area contributed by atoms with Gasteiger partial charge in [0.05, 0.1) is 16.1 Å². The third-order valence-electron chi connectivity index (χ3n) is 2.00. The quantitative estimate of drug-likeness (QED) is 0.603. The van der Waals surface area contributed by atoms with Crippen LogP contribution in [0.25, 0.3) is 12.2 Å². The summed E-state index contributed by atoms with van der Waals surface area (Å²) in [6.07, 6.45) is 3.75. The van der Waals surface area contributed by atoms with Gasteiger partial charge in [-0.1, -0.05) is 6.08 Å². The van der Waals surface area contributed by atoms with Crippen molar-refractivity contribution in [3.8, 4) is 0 Å². The molecular weight excluding hydrogens is 224 g/mol. The van der Waals surface area contributed by atoms with E-state index < -0.39 is 4.92 Å². The van der Waals surface area contributed by atoms with Crippen LogP contribution in [0.3, 0.4) is 0 Å². The maximum atomic E-state index is 10.4. The highest BCUT2D eigenvalue weighted by Crippen LogP contribution is 2.14. The van der Waals surface area contributed by atoms with Gasteiger partial charge in [-0.25, -0.2) is 4.98 Å². The average molecular weight is 232 g/mol. The second-order valence-electron chi connectivity index (χ2n) is 3.10. The van der Waals surface area contributed by atoms with Gasteiger partial charge in [-0.2, -0.15) is 0 Å². The van der Waals surface area contributed by atoms with Gasteiger partial charge >= 0.3 is 0 Å². The largest absolute Gasteiger partial charge is 0.269 e. The third-order valence-corrected chi connectivity index (χ3v) is 2.61. The lowest BCUT2D eigenvalue weighted by Gasteiger charge is -1.92. The highest BCUT2D eigenvalue weighted by molar-refractivity contribution is 7.07. The molecule has 0 aliphatic heterocycles. The monoisotopic (exact) mass is 232 g/mol. The van der Waals surface area contributed by atoms with E-state index in [0.29, 0.717) is 0 Å². The molecule has 0 saturated heterocycles. The predicted molar refractivity (Wildman–Crippen MR) is 64.1 cm³/mol. The fraction of sp³-hybridized carbons (Fsp3) is 0. The molecule has 0 radical (unpaired) electrons. The third kappa shape index (κ3) is 2.52. The Labute approximate surface area is 96.0 Å². The summed E-state index contributed by atoms with van der Waals surface area (Å²) in [5.74, 6) is 0. The summed E-state index contributed by atoms with van der Waals surface area (Å²) < 4.78 is 0. The smallest absolute Gasteiger partial charge is 0.258 e. The molecule has 0 saturated carbocycles. The second-order valence-corrected chi connectivity index (χ2v) is 3.81. The number of hydrogen-bond acceptors (Lipinski definition) is 4. The van der Waals surface area contributed by atoms with Gasteiger partial charge in [0, 0.05) is 17.5 Å². The Balaban J connectivity index is 2.14. The molecule has 2 rings (SSSR count). The minimum atomic E-state index is -0.409. The average Bonchev–Trinajstić information content (AvgIpc) is 2.80. The molecular formula is C11H8N2O2S. The molecule has 0 bridgehead atoms.